The van der Waals surface area contributed by atoms with Crippen LogP contribution in [0.1, 0.15) is 0 Å². The molecule has 0 aliphatic carbocycles. The molecule has 0 rings (SSSR count). The minimum absolute atomic E-state index is 1.09. The largest absolute Gasteiger partial charge is 0.440 e. The van der Waals surface area contributed by atoms with E-state index in [2.05, 4.69) is 0 Å². The normalized spacial score (nSPS) is 18.8. The molecule has 41 heavy (non-hydrogen) atoms. The van der Waals surface area contributed by atoms with E-state index in [0.717, 1.165) is 0 Å². The van der Waals surface area contributed by atoms with Crippen LogP contribution in [0.15, 0.2) is 0 Å². The van der Waals surface area contributed by atoms with E-state index in [-0.39, 0.29) is 0 Å². The van der Waals surface area contributed by atoms with Crippen molar-refractivity contribution in [2.45, 2.75) is 66.9 Å². The zero-order chi connectivity index (χ0) is 34.3. The van der Waals surface area contributed by atoms with Crippen LogP contribution >= 0.6 is 45.2 Å². The fourth-order valence-corrected chi connectivity index (χ4v) is 3.79. The molecule has 0 amide bonds. The molecule has 0 aromatic heterocycles. The van der Waals surface area contributed by atoms with Crippen LogP contribution in [0.4, 0.5) is 101 Å². The molecule has 248 valence electrons. The summed E-state index contributed by atoms with van der Waals surface area (Å²) >= 11 is -2.69. The van der Waals surface area contributed by atoms with E-state index in [0.29, 0.717) is 0 Å². The molecule has 0 radical (unpaired) electrons. The maximum Gasteiger partial charge on any atom is 0.440 e. The van der Waals surface area contributed by atoms with Gasteiger partial charge in [-0.3, -0.25) is 0 Å². The van der Waals surface area contributed by atoms with E-state index in [1.165, 1.54) is 4.18 Å². The van der Waals surface area contributed by atoms with E-state index < -0.39 is 122 Å². The quantitative estimate of drug-likeness (QED) is 0.0857. The number of rotatable bonds is 12. The van der Waals surface area contributed by atoms with Crippen molar-refractivity contribution in [1.29, 1.82) is 0 Å². The van der Waals surface area contributed by atoms with E-state index in [1.54, 1.807) is 0 Å². The van der Waals surface area contributed by atoms with Crippen LogP contribution in [0.25, 0.3) is 0 Å². The molecule has 0 bridgehead atoms. The summed E-state index contributed by atoms with van der Waals surface area (Å²) in [4.78, 5) is 0. The van der Waals surface area contributed by atoms with Crippen molar-refractivity contribution in [2.75, 3.05) is 0 Å². The molecular formula is C12HF23I2O3S. The summed E-state index contributed by atoms with van der Waals surface area (Å²) in [5.41, 5.74) is 0. The summed E-state index contributed by atoms with van der Waals surface area (Å²) in [6, 6.07) is 0. The Morgan fingerprint density at radius 2 is 0.805 bits per heavy atom. The first-order chi connectivity index (χ1) is 17.1. The van der Waals surface area contributed by atoms with E-state index in [1.807, 2.05) is 0 Å². The van der Waals surface area contributed by atoms with Crippen LogP contribution in [-0.2, 0) is 14.3 Å². The predicted molar refractivity (Wildman–Crippen MR) is 97.4 cm³/mol. The van der Waals surface area contributed by atoms with Crippen LogP contribution in [0.5, 0.6) is 0 Å². The minimum atomic E-state index is -8.84. The summed E-state index contributed by atoms with van der Waals surface area (Å²) in [6.45, 7) is 0. The molecule has 2 atom stereocenters. The van der Waals surface area contributed by atoms with Gasteiger partial charge in [0, 0.05) is 22.6 Å². The van der Waals surface area contributed by atoms with Crippen molar-refractivity contribution in [3.63, 3.8) is 0 Å². The molecule has 0 N–H and O–H groups in total. The summed E-state index contributed by atoms with van der Waals surface area (Å²) in [5.74, 6) is -58.2. The first-order valence-corrected chi connectivity index (χ1v) is 11.8. The van der Waals surface area contributed by atoms with Crippen LogP contribution in [0, 0.1) is 0 Å². The van der Waals surface area contributed by atoms with Gasteiger partial charge in [-0.25, -0.2) is 8.78 Å². The van der Waals surface area contributed by atoms with Crippen LogP contribution in [0.3, 0.4) is 0 Å². The molecule has 0 aromatic rings. The summed E-state index contributed by atoms with van der Waals surface area (Å²) < 4.78 is 314. The van der Waals surface area contributed by atoms with Gasteiger partial charge in [-0.15, -0.1) is 0 Å². The van der Waals surface area contributed by atoms with Gasteiger partial charge < -0.3 is 0 Å². The predicted octanol–water partition coefficient (Wildman–Crippen LogP) is 8.36. The second-order valence-corrected chi connectivity index (χ2v) is 12.3. The zero-order valence-corrected chi connectivity index (χ0v) is 22.3. The summed E-state index contributed by atoms with van der Waals surface area (Å²) in [5, 5.41) is 0. The Morgan fingerprint density at radius 3 is 1.10 bits per heavy atom. The lowest BCUT2D eigenvalue weighted by atomic mass is 9.99. The second-order valence-electron chi connectivity index (χ2n) is 7.04. The molecule has 0 saturated carbocycles. The minimum Gasteiger partial charge on any atom is -0.230 e. The molecule has 29 heteroatoms. The van der Waals surface area contributed by atoms with Crippen molar-refractivity contribution in [2.24, 2.45) is 0 Å². The summed E-state index contributed by atoms with van der Waals surface area (Å²) in [7, 11) is -8.84. The van der Waals surface area contributed by atoms with E-state index in [9.17, 15) is 109 Å². The number of alkyl halides is 25. The SMILES string of the molecule is O=S(=O)(OC(F)(F)C(F)(F)C(F)(F)C(F)(F)C(F)C(F)(F)F)C(F)(I)C(F)(F)C(F)(F)C(F)(F)C(F)(F)C(F)(F)I. The van der Waals surface area contributed by atoms with Crippen molar-refractivity contribution in [1.82, 2.24) is 0 Å². The van der Waals surface area contributed by atoms with Crippen LogP contribution < -0.4 is 0 Å². The Labute approximate surface area is 235 Å². The number of halogens is 25. The van der Waals surface area contributed by atoms with Gasteiger partial charge >= 0.3 is 70.8 Å². The Kier molecular flexibility index (Phi) is 10.3. The Bertz CT molecular complexity index is 1070. The summed E-state index contributed by atoms with van der Waals surface area (Å²) in [6.07, 6.45) is -22.1. The first-order valence-electron chi connectivity index (χ1n) is 8.24. The van der Waals surface area contributed by atoms with Crippen molar-refractivity contribution in [3.05, 3.63) is 0 Å². The Hall–Kier alpha value is -0.240. The molecule has 0 saturated heterocycles. The molecule has 0 fully saturated rings. The fraction of sp³-hybridized carbons (Fsp3) is 1.00. The molecular weight excluding hydrogens is 915 g/mol. The highest BCUT2D eigenvalue weighted by Gasteiger charge is 2.92. The highest BCUT2D eigenvalue weighted by Crippen LogP contribution is 2.64. The monoisotopic (exact) mass is 916 g/mol. The molecule has 0 aromatic carbocycles. The van der Waals surface area contributed by atoms with Gasteiger partial charge in [0.1, 0.15) is 0 Å². The number of hydrogen-bond donors (Lipinski definition) is 0. The van der Waals surface area contributed by atoms with Crippen molar-refractivity contribution >= 4 is 55.3 Å². The maximum absolute atomic E-state index is 14.2. The zero-order valence-electron chi connectivity index (χ0n) is 17.2. The van der Waals surface area contributed by atoms with Gasteiger partial charge in [0.2, 0.25) is 0 Å². The number of hydrogen-bond acceptors (Lipinski definition) is 3. The Balaban J connectivity index is 6.99. The van der Waals surface area contributed by atoms with E-state index in [4.69, 9.17) is 0 Å². The lowest BCUT2D eigenvalue weighted by Gasteiger charge is -2.41. The van der Waals surface area contributed by atoms with Gasteiger partial charge in [-0.05, 0) is 22.6 Å². The standard InChI is InChI=1S/C12HF23I2O3S/c13-1(3(16,17)18)2(14,15)4(19,20)8(27,28)11(33,34)40-41(38,39)12(35,37)9(29,30)6(23,24)5(21,22)7(25,26)10(31,32)36/h1H. The molecule has 0 aliphatic heterocycles. The smallest absolute Gasteiger partial charge is 0.230 e. The average Bonchev–Trinajstić information content (AvgIpc) is 2.69. The molecule has 0 spiro atoms. The third-order valence-corrected chi connectivity index (χ3v) is 8.50. The van der Waals surface area contributed by atoms with Crippen molar-refractivity contribution in [3.8, 4) is 0 Å². The molecule has 2 unspecified atom stereocenters. The van der Waals surface area contributed by atoms with Crippen LogP contribution in [0.2, 0.25) is 0 Å². The third kappa shape index (κ3) is 5.81. The average molecular weight is 916 g/mol. The third-order valence-electron chi connectivity index (χ3n) is 4.22. The first kappa shape index (κ1) is 40.8. The maximum atomic E-state index is 14.2. The highest BCUT2D eigenvalue weighted by molar-refractivity contribution is 14.1. The van der Waals surface area contributed by atoms with E-state index >= 15 is 0 Å². The van der Waals surface area contributed by atoms with Gasteiger partial charge in [0.15, 0.2) is 0 Å². The highest BCUT2D eigenvalue weighted by atomic mass is 127. The van der Waals surface area contributed by atoms with Gasteiger partial charge in [-0.1, -0.05) is 0 Å². The lowest BCUT2D eigenvalue weighted by molar-refractivity contribution is -0.424. The lowest BCUT2D eigenvalue weighted by Crippen LogP contribution is -2.71. The van der Waals surface area contributed by atoms with Gasteiger partial charge in [0.05, 0.1) is 0 Å². The van der Waals surface area contributed by atoms with Crippen molar-refractivity contribution < 1.29 is 114 Å². The van der Waals surface area contributed by atoms with Gasteiger partial charge in [0.25, 0.3) is 6.17 Å². The van der Waals surface area contributed by atoms with Gasteiger partial charge in [-0.2, -0.15) is 105 Å². The molecule has 3 nitrogen and oxygen atoms in total. The fourth-order valence-electron chi connectivity index (χ4n) is 1.91. The Morgan fingerprint density at radius 1 is 0.488 bits per heavy atom. The topological polar surface area (TPSA) is 43.4 Å². The molecule has 0 heterocycles. The second kappa shape index (κ2) is 10.4. The van der Waals surface area contributed by atoms with Crippen LogP contribution in [-0.4, -0.2) is 75.3 Å². The molecule has 0 aliphatic rings.